The molecule has 1 fully saturated rings. The second-order valence-corrected chi connectivity index (χ2v) is 8.14. The van der Waals surface area contributed by atoms with Crippen molar-refractivity contribution >= 4 is 15.7 Å². The molecule has 0 bridgehead atoms. The van der Waals surface area contributed by atoms with E-state index in [0.717, 1.165) is 32.2 Å². The van der Waals surface area contributed by atoms with Gasteiger partial charge in [-0.1, -0.05) is 20.8 Å². The number of nitrogens with zero attached hydrogens (tertiary/aromatic N) is 1. The molecular formula is C15H25N3O2S. The van der Waals surface area contributed by atoms with Gasteiger partial charge in [-0.2, -0.15) is 0 Å². The van der Waals surface area contributed by atoms with Gasteiger partial charge < -0.3 is 5.32 Å². The third kappa shape index (κ3) is 4.17. The monoisotopic (exact) mass is 311 g/mol. The van der Waals surface area contributed by atoms with Crippen molar-refractivity contribution in [1.29, 1.82) is 0 Å². The minimum atomic E-state index is -3.58. The van der Waals surface area contributed by atoms with Crippen LogP contribution in [0.1, 0.15) is 46.5 Å². The Kier molecular flexibility index (Phi) is 4.88. The minimum Gasteiger partial charge on any atom is -0.383 e. The fourth-order valence-corrected chi connectivity index (χ4v) is 4.19. The third-order valence-electron chi connectivity index (χ3n) is 3.88. The van der Waals surface area contributed by atoms with Crippen molar-refractivity contribution in [3.05, 3.63) is 18.3 Å². The van der Waals surface area contributed by atoms with Gasteiger partial charge >= 0.3 is 0 Å². The lowest BCUT2D eigenvalue weighted by Gasteiger charge is -2.18. The van der Waals surface area contributed by atoms with Gasteiger partial charge in [0.25, 0.3) is 10.0 Å². The van der Waals surface area contributed by atoms with Crippen LogP contribution in [-0.4, -0.2) is 26.0 Å². The van der Waals surface area contributed by atoms with Gasteiger partial charge in [0.2, 0.25) is 0 Å². The molecule has 0 spiro atoms. The molecule has 1 atom stereocenters. The predicted molar refractivity (Wildman–Crippen MR) is 84.8 cm³/mol. The van der Waals surface area contributed by atoms with E-state index >= 15 is 0 Å². The molecule has 0 aromatic carbocycles. The second kappa shape index (κ2) is 6.32. The molecule has 1 saturated carbocycles. The maximum Gasteiger partial charge on any atom is 0.260 e. The molecule has 118 valence electrons. The first-order chi connectivity index (χ1) is 9.84. The molecule has 1 aromatic rings. The van der Waals surface area contributed by atoms with Gasteiger partial charge in [-0.25, -0.2) is 18.1 Å². The van der Waals surface area contributed by atoms with E-state index in [1.807, 2.05) is 6.92 Å². The molecule has 0 radical (unpaired) electrons. The van der Waals surface area contributed by atoms with Gasteiger partial charge in [0.15, 0.2) is 5.03 Å². The molecule has 2 N–H and O–H groups in total. The highest BCUT2D eigenvalue weighted by molar-refractivity contribution is 7.89. The maximum atomic E-state index is 12.6. The SMILES string of the molecule is CCCNc1cccnc1S(=O)(=O)NC1CCC(C)(C)C1. The summed E-state index contributed by atoms with van der Waals surface area (Å²) in [6.07, 6.45) is 5.25. The molecule has 1 aliphatic carbocycles. The number of aromatic nitrogens is 1. The number of pyridine rings is 1. The average molecular weight is 311 g/mol. The third-order valence-corrected chi connectivity index (χ3v) is 5.36. The lowest BCUT2D eigenvalue weighted by Crippen LogP contribution is -2.34. The van der Waals surface area contributed by atoms with E-state index in [1.165, 1.54) is 6.20 Å². The lowest BCUT2D eigenvalue weighted by atomic mass is 9.92. The maximum absolute atomic E-state index is 12.6. The van der Waals surface area contributed by atoms with Gasteiger partial charge in [0.05, 0.1) is 5.69 Å². The fourth-order valence-electron chi connectivity index (χ4n) is 2.81. The Labute approximate surface area is 127 Å². The minimum absolute atomic E-state index is 0.00558. The first-order valence-electron chi connectivity index (χ1n) is 7.55. The fraction of sp³-hybridized carbons (Fsp3) is 0.667. The molecular weight excluding hydrogens is 286 g/mol. The van der Waals surface area contributed by atoms with Crippen molar-refractivity contribution in [2.75, 3.05) is 11.9 Å². The Bertz CT molecular complexity index is 584. The van der Waals surface area contributed by atoms with Gasteiger partial charge in [-0.3, -0.25) is 0 Å². The van der Waals surface area contributed by atoms with Crippen LogP contribution in [0.5, 0.6) is 0 Å². The Morgan fingerprint density at radius 2 is 2.19 bits per heavy atom. The standard InChI is InChI=1S/C15H25N3O2S/c1-4-9-16-13-6-5-10-17-14(13)21(19,20)18-12-7-8-15(2,3)11-12/h5-6,10,12,16,18H,4,7-9,11H2,1-3H3. The first-order valence-corrected chi connectivity index (χ1v) is 9.03. The van der Waals surface area contributed by atoms with E-state index in [2.05, 4.69) is 28.9 Å². The molecule has 1 aliphatic rings. The summed E-state index contributed by atoms with van der Waals surface area (Å²) in [4.78, 5) is 4.07. The van der Waals surface area contributed by atoms with E-state index in [1.54, 1.807) is 12.1 Å². The van der Waals surface area contributed by atoms with Crippen molar-refractivity contribution in [1.82, 2.24) is 9.71 Å². The van der Waals surface area contributed by atoms with Crippen LogP contribution in [0.2, 0.25) is 0 Å². The summed E-state index contributed by atoms with van der Waals surface area (Å²) >= 11 is 0. The van der Waals surface area contributed by atoms with Crippen LogP contribution in [0, 0.1) is 5.41 Å². The van der Waals surface area contributed by atoms with Gasteiger partial charge in [0.1, 0.15) is 0 Å². The van der Waals surface area contributed by atoms with E-state index in [9.17, 15) is 8.42 Å². The molecule has 0 aliphatic heterocycles. The van der Waals surface area contributed by atoms with Crippen LogP contribution in [0.4, 0.5) is 5.69 Å². The quantitative estimate of drug-likeness (QED) is 0.847. The number of rotatable bonds is 6. The van der Waals surface area contributed by atoms with Gasteiger partial charge in [-0.15, -0.1) is 0 Å². The molecule has 1 aromatic heterocycles. The number of hydrogen-bond donors (Lipinski definition) is 2. The molecule has 0 saturated heterocycles. The van der Waals surface area contributed by atoms with Crippen LogP contribution >= 0.6 is 0 Å². The van der Waals surface area contributed by atoms with Crippen molar-refractivity contribution < 1.29 is 8.42 Å². The Morgan fingerprint density at radius 1 is 1.43 bits per heavy atom. The summed E-state index contributed by atoms with van der Waals surface area (Å²) in [5, 5.41) is 3.23. The van der Waals surface area contributed by atoms with E-state index < -0.39 is 10.0 Å². The largest absolute Gasteiger partial charge is 0.383 e. The summed E-state index contributed by atoms with van der Waals surface area (Å²) in [5.41, 5.74) is 0.782. The zero-order chi connectivity index (χ0) is 15.5. The smallest absolute Gasteiger partial charge is 0.260 e. The Morgan fingerprint density at radius 3 is 2.81 bits per heavy atom. The average Bonchev–Trinajstić information content (AvgIpc) is 2.75. The highest BCUT2D eigenvalue weighted by Gasteiger charge is 2.34. The summed E-state index contributed by atoms with van der Waals surface area (Å²) < 4.78 is 28.0. The van der Waals surface area contributed by atoms with Gasteiger partial charge in [-0.05, 0) is 43.2 Å². The highest BCUT2D eigenvalue weighted by atomic mass is 32.2. The number of nitrogens with one attached hydrogen (secondary N) is 2. The topological polar surface area (TPSA) is 71.1 Å². The molecule has 5 nitrogen and oxygen atoms in total. The zero-order valence-electron chi connectivity index (χ0n) is 13.0. The normalized spacial score (nSPS) is 21.4. The summed E-state index contributed by atoms with van der Waals surface area (Å²) in [7, 11) is -3.58. The highest BCUT2D eigenvalue weighted by Crippen LogP contribution is 2.37. The molecule has 21 heavy (non-hydrogen) atoms. The Hall–Kier alpha value is -1.14. The zero-order valence-corrected chi connectivity index (χ0v) is 13.8. The predicted octanol–water partition coefficient (Wildman–Crippen LogP) is 2.76. The van der Waals surface area contributed by atoms with Crippen molar-refractivity contribution in [2.24, 2.45) is 5.41 Å². The molecule has 2 rings (SSSR count). The van der Waals surface area contributed by atoms with Crippen LogP contribution < -0.4 is 10.0 Å². The molecule has 1 heterocycles. The van der Waals surface area contributed by atoms with Crippen molar-refractivity contribution in [2.45, 2.75) is 57.5 Å². The van der Waals surface area contributed by atoms with E-state index in [0.29, 0.717) is 5.69 Å². The van der Waals surface area contributed by atoms with Crippen molar-refractivity contribution in [3.8, 4) is 0 Å². The van der Waals surface area contributed by atoms with Crippen molar-refractivity contribution in [3.63, 3.8) is 0 Å². The number of anilines is 1. The summed E-state index contributed by atoms with van der Waals surface area (Å²) in [6, 6.07) is 3.51. The van der Waals surface area contributed by atoms with Crippen LogP contribution in [0.25, 0.3) is 0 Å². The van der Waals surface area contributed by atoms with E-state index in [4.69, 9.17) is 0 Å². The summed E-state index contributed by atoms with van der Waals surface area (Å²) in [5.74, 6) is 0. The Balaban J connectivity index is 2.16. The van der Waals surface area contributed by atoms with Crippen LogP contribution in [-0.2, 0) is 10.0 Å². The summed E-state index contributed by atoms with van der Waals surface area (Å²) in [6.45, 7) is 7.12. The van der Waals surface area contributed by atoms with Crippen LogP contribution in [0.15, 0.2) is 23.4 Å². The second-order valence-electron chi connectivity index (χ2n) is 6.51. The lowest BCUT2D eigenvalue weighted by molar-refractivity contribution is 0.372. The molecule has 1 unspecified atom stereocenters. The number of hydrogen-bond acceptors (Lipinski definition) is 4. The first kappa shape index (κ1) is 16.2. The van der Waals surface area contributed by atoms with Crippen LogP contribution in [0.3, 0.4) is 0 Å². The van der Waals surface area contributed by atoms with Gasteiger partial charge in [0, 0.05) is 18.8 Å². The molecule has 0 amide bonds. The molecule has 6 heteroatoms. The van der Waals surface area contributed by atoms with E-state index in [-0.39, 0.29) is 16.5 Å². The number of sulfonamides is 1.